The summed E-state index contributed by atoms with van der Waals surface area (Å²) in [5, 5.41) is 9.57. The van der Waals surface area contributed by atoms with Crippen molar-refractivity contribution in [1.82, 2.24) is 0 Å². The number of hydrogen-bond acceptors (Lipinski definition) is 3. The quantitative estimate of drug-likeness (QED) is 0.617. The summed E-state index contributed by atoms with van der Waals surface area (Å²) < 4.78 is 0. The highest BCUT2D eigenvalue weighted by atomic mass is 16.3. The van der Waals surface area contributed by atoms with Crippen molar-refractivity contribution >= 4 is 5.91 Å². The summed E-state index contributed by atoms with van der Waals surface area (Å²) in [7, 11) is 0. The molecule has 4 nitrogen and oxygen atoms in total. The molecule has 1 amide bonds. The van der Waals surface area contributed by atoms with E-state index in [1.807, 2.05) is 0 Å². The first-order valence-electron chi connectivity index (χ1n) is 4.98. The second-order valence-electron chi connectivity index (χ2n) is 4.01. The van der Waals surface area contributed by atoms with Crippen LogP contribution in [0.5, 0.6) is 5.75 Å². The molecule has 0 aromatic heterocycles. The van der Waals surface area contributed by atoms with E-state index in [-0.39, 0.29) is 17.4 Å². The van der Waals surface area contributed by atoms with Gasteiger partial charge in [-0.2, -0.15) is 0 Å². The van der Waals surface area contributed by atoms with Crippen LogP contribution >= 0.6 is 0 Å². The van der Waals surface area contributed by atoms with Crippen LogP contribution in [0.4, 0.5) is 0 Å². The van der Waals surface area contributed by atoms with Gasteiger partial charge in [-0.05, 0) is 42.5 Å². The number of primary amides is 1. The summed E-state index contributed by atoms with van der Waals surface area (Å²) in [6.07, 6.45) is 2.52. The zero-order valence-corrected chi connectivity index (χ0v) is 8.36. The van der Waals surface area contributed by atoms with E-state index in [2.05, 4.69) is 0 Å². The predicted molar refractivity (Wildman–Crippen MR) is 56.6 cm³/mol. The summed E-state index contributed by atoms with van der Waals surface area (Å²) in [6.45, 7) is 0. The zero-order chi connectivity index (χ0) is 11.0. The maximum atomic E-state index is 11.0. The number of carbonyl (C=O) groups is 1. The lowest BCUT2D eigenvalue weighted by molar-refractivity contribution is 0.0997. The van der Waals surface area contributed by atoms with Gasteiger partial charge in [0.25, 0.3) is 5.91 Å². The van der Waals surface area contributed by atoms with Gasteiger partial charge in [-0.3, -0.25) is 4.79 Å². The molecule has 0 fully saturated rings. The number of aryl methyl sites for hydroxylation is 1. The van der Waals surface area contributed by atoms with Crippen molar-refractivity contribution in [2.75, 3.05) is 0 Å². The third-order valence-electron chi connectivity index (χ3n) is 2.85. The Morgan fingerprint density at radius 3 is 2.80 bits per heavy atom. The molecule has 2 rings (SSSR count). The van der Waals surface area contributed by atoms with Gasteiger partial charge in [0.05, 0.1) is 5.56 Å². The van der Waals surface area contributed by atoms with Crippen LogP contribution in [0.3, 0.4) is 0 Å². The van der Waals surface area contributed by atoms with Crippen molar-refractivity contribution < 1.29 is 9.90 Å². The van der Waals surface area contributed by atoms with Crippen LogP contribution in [0.1, 0.15) is 27.9 Å². The number of amides is 1. The van der Waals surface area contributed by atoms with Crippen molar-refractivity contribution in [2.24, 2.45) is 11.5 Å². The van der Waals surface area contributed by atoms with Gasteiger partial charge in [0, 0.05) is 6.04 Å². The molecule has 5 N–H and O–H groups in total. The lowest BCUT2D eigenvalue weighted by atomic mass is 9.87. The first-order valence-corrected chi connectivity index (χ1v) is 4.98. The monoisotopic (exact) mass is 206 g/mol. The Morgan fingerprint density at radius 1 is 1.40 bits per heavy atom. The molecule has 0 radical (unpaired) electrons. The molecule has 1 aromatic carbocycles. The largest absolute Gasteiger partial charge is 0.507 e. The van der Waals surface area contributed by atoms with Gasteiger partial charge >= 0.3 is 0 Å². The van der Waals surface area contributed by atoms with Gasteiger partial charge in [-0.25, -0.2) is 0 Å². The van der Waals surface area contributed by atoms with E-state index in [1.165, 1.54) is 0 Å². The first kappa shape index (κ1) is 9.98. The Morgan fingerprint density at radius 2 is 2.13 bits per heavy atom. The predicted octanol–water partition coefficient (Wildman–Crippen LogP) is 0.307. The van der Waals surface area contributed by atoms with E-state index in [4.69, 9.17) is 11.5 Å². The fourth-order valence-corrected chi connectivity index (χ4v) is 2.02. The Labute approximate surface area is 87.9 Å². The second kappa shape index (κ2) is 3.55. The van der Waals surface area contributed by atoms with E-state index >= 15 is 0 Å². The Kier molecular flexibility index (Phi) is 2.36. The molecule has 0 saturated heterocycles. The molecule has 1 aliphatic carbocycles. The Hall–Kier alpha value is -1.55. The smallest absolute Gasteiger partial charge is 0.252 e. The van der Waals surface area contributed by atoms with Gasteiger partial charge in [-0.15, -0.1) is 0 Å². The summed E-state index contributed by atoms with van der Waals surface area (Å²) in [6, 6.07) is 3.43. The standard InChI is InChI=1S/C11H14N2O2/c12-8-2-1-6-5-10(14)9(11(13)15)4-7(6)3-8/h4-5,8,14H,1-3,12H2,(H2,13,15). The molecule has 0 heterocycles. The number of carbonyl (C=O) groups excluding carboxylic acids is 1. The lowest BCUT2D eigenvalue weighted by Crippen LogP contribution is -2.28. The van der Waals surface area contributed by atoms with E-state index in [9.17, 15) is 9.90 Å². The number of hydrogen-bond donors (Lipinski definition) is 3. The summed E-state index contributed by atoms with van der Waals surface area (Å²) in [5.74, 6) is -0.633. The van der Waals surface area contributed by atoms with Crippen LogP contribution in [0.15, 0.2) is 12.1 Å². The van der Waals surface area contributed by atoms with Gasteiger partial charge < -0.3 is 16.6 Å². The minimum Gasteiger partial charge on any atom is -0.507 e. The van der Waals surface area contributed by atoms with Gasteiger partial charge in [0.2, 0.25) is 0 Å². The molecule has 1 aromatic rings. The van der Waals surface area contributed by atoms with Crippen LogP contribution in [-0.2, 0) is 12.8 Å². The molecule has 80 valence electrons. The highest BCUT2D eigenvalue weighted by molar-refractivity contribution is 5.95. The van der Waals surface area contributed by atoms with E-state index < -0.39 is 5.91 Å². The van der Waals surface area contributed by atoms with Crippen molar-refractivity contribution in [3.8, 4) is 5.75 Å². The van der Waals surface area contributed by atoms with Crippen molar-refractivity contribution in [3.05, 3.63) is 28.8 Å². The number of nitrogens with two attached hydrogens (primary N) is 2. The van der Waals surface area contributed by atoms with Crippen LogP contribution < -0.4 is 11.5 Å². The maximum absolute atomic E-state index is 11.0. The molecule has 1 atom stereocenters. The third kappa shape index (κ3) is 1.80. The van der Waals surface area contributed by atoms with Gasteiger partial charge in [0.1, 0.15) is 5.75 Å². The summed E-state index contributed by atoms with van der Waals surface area (Å²) >= 11 is 0. The number of fused-ring (bicyclic) bond motifs is 1. The number of phenols is 1. The lowest BCUT2D eigenvalue weighted by Gasteiger charge is -2.22. The van der Waals surface area contributed by atoms with E-state index in [1.54, 1.807) is 12.1 Å². The normalized spacial score (nSPS) is 19.7. The van der Waals surface area contributed by atoms with Crippen LogP contribution in [0, 0.1) is 0 Å². The summed E-state index contributed by atoms with van der Waals surface area (Å²) in [5.41, 5.74) is 13.3. The van der Waals surface area contributed by atoms with Crippen molar-refractivity contribution in [1.29, 1.82) is 0 Å². The number of aromatic hydroxyl groups is 1. The van der Waals surface area contributed by atoms with Crippen molar-refractivity contribution in [3.63, 3.8) is 0 Å². The molecule has 15 heavy (non-hydrogen) atoms. The van der Waals surface area contributed by atoms with Crippen LogP contribution in [0.2, 0.25) is 0 Å². The average Bonchev–Trinajstić information content (AvgIpc) is 2.17. The minimum absolute atomic E-state index is 0.0308. The second-order valence-corrected chi connectivity index (χ2v) is 4.01. The SMILES string of the molecule is NC(=O)c1cc2c(cc1O)CCC(N)C2. The van der Waals surface area contributed by atoms with Crippen LogP contribution in [-0.4, -0.2) is 17.1 Å². The molecule has 0 spiro atoms. The minimum atomic E-state index is -0.602. The molecule has 0 saturated carbocycles. The van der Waals surface area contributed by atoms with Crippen molar-refractivity contribution in [2.45, 2.75) is 25.3 Å². The van der Waals surface area contributed by atoms with E-state index in [0.29, 0.717) is 0 Å². The number of rotatable bonds is 1. The molecule has 1 unspecified atom stereocenters. The maximum Gasteiger partial charge on any atom is 0.252 e. The van der Waals surface area contributed by atoms with Crippen LogP contribution in [0.25, 0.3) is 0 Å². The zero-order valence-electron chi connectivity index (χ0n) is 8.36. The molecular formula is C11H14N2O2. The molecule has 0 bridgehead atoms. The Balaban J connectivity index is 2.47. The molecule has 0 aliphatic heterocycles. The fourth-order valence-electron chi connectivity index (χ4n) is 2.02. The summed E-state index contributed by atoms with van der Waals surface area (Å²) in [4.78, 5) is 11.0. The molecular weight excluding hydrogens is 192 g/mol. The highest BCUT2D eigenvalue weighted by Crippen LogP contribution is 2.27. The van der Waals surface area contributed by atoms with Gasteiger partial charge in [0.15, 0.2) is 0 Å². The van der Waals surface area contributed by atoms with Gasteiger partial charge in [-0.1, -0.05) is 0 Å². The number of benzene rings is 1. The third-order valence-corrected chi connectivity index (χ3v) is 2.85. The highest BCUT2D eigenvalue weighted by Gasteiger charge is 2.19. The average molecular weight is 206 g/mol. The van der Waals surface area contributed by atoms with E-state index in [0.717, 1.165) is 30.4 Å². The Bertz CT molecular complexity index is 415. The first-order chi connectivity index (χ1) is 7.08. The molecule has 4 heteroatoms. The fraction of sp³-hybridized carbons (Fsp3) is 0.364. The molecule has 1 aliphatic rings. The topological polar surface area (TPSA) is 89.3 Å².